The van der Waals surface area contributed by atoms with Crippen molar-refractivity contribution in [1.82, 2.24) is 0 Å². The predicted octanol–water partition coefficient (Wildman–Crippen LogP) is 2.92. The number of hydrogen-bond donors (Lipinski definition) is 2. The molecule has 0 unspecified atom stereocenters. The van der Waals surface area contributed by atoms with E-state index in [1.54, 1.807) is 0 Å². The minimum atomic E-state index is -1.51. The molecule has 0 bridgehead atoms. The zero-order chi connectivity index (χ0) is 18.3. The fraction of sp³-hybridized carbons (Fsp3) is 0.333. The average molecular weight is 351 g/mol. The smallest absolute Gasteiger partial charge is 0.324 e. The maximum atomic E-state index is 12.6. The topological polar surface area (TPSA) is 89.6 Å². The first-order chi connectivity index (χ1) is 12.5. The van der Waals surface area contributed by atoms with E-state index in [0.29, 0.717) is 19.3 Å². The average Bonchev–Trinajstić information content (AvgIpc) is 3.19. The molecular weight excluding hydrogens is 330 g/mol. The fourth-order valence-electron chi connectivity index (χ4n) is 4.32. The lowest BCUT2D eigenvalue weighted by Gasteiger charge is -2.25. The van der Waals surface area contributed by atoms with Gasteiger partial charge in [-0.05, 0) is 35.1 Å². The van der Waals surface area contributed by atoms with Gasteiger partial charge in [0.2, 0.25) is 0 Å². The summed E-state index contributed by atoms with van der Waals surface area (Å²) in [5, 5.41) is 9.40. The highest BCUT2D eigenvalue weighted by atomic mass is 16.5. The van der Waals surface area contributed by atoms with E-state index in [4.69, 9.17) is 10.5 Å². The third-order valence-corrected chi connectivity index (χ3v) is 5.74. The Labute approximate surface area is 151 Å². The number of nitrogens with two attached hydrogens (primary N) is 1. The van der Waals surface area contributed by atoms with Crippen molar-refractivity contribution in [2.75, 3.05) is 6.61 Å². The molecule has 1 saturated carbocycles. The Kier molecular flexibility index (Phi) is 4.04. The maximum Gasteiger partial charge on any atom is 0.324 e. The third-order valence-electron chi connectivity index (χ3n) is 5.74. The Hall–Kier alpha value is -2.66. The molecular formula is C21H21NO4. The molecule has 0 aliphatic heterocycles. The molecule has 0 spiro atoms. The van der Waals surface area contributed by atoms with Gasteiger partial charge in [0.15, 0.2) is 0 Å². The monoisotopic (exact) mass is 351 g/mol. The van der Waals surface area contributed by atoms with E-state index < -0.39 is 23.4 Å². The van der Waals surface area contributed by atoms with Crippen LogP contribution in [0.5, 0.6) is 0 Å². The summed E-state index contributed by atoms with van der Waals surface area (Å²) in [7, 11) is 0. The number of esters is 1. The maximum absolute atomic E-state index is 12.6. The van der Waals surface area contributed by atoms with Crippen molar-refractivity contribution >= 4 is 11.9 Å². The number of rotatable bonds is 4. The fourth-order valence-corrected chi connectivity index (χ4v) is 4.32. The second-order valence-electron chi connectivity index (χ2n) is 7.15. The first-order valence-corrected chi connectivity index (χ1v) is 8.89. The highest BCUT2D eigenvalue weighted by Gasteiger charge is 2.50. The molecule has 5 nitrogen and oxygen atoms in total. The Bertz CT molecular complexity index is 832. The SMILES string of the molecule is N[C@]1(C(=O)O)CCC[C@@H]1C(=O)OCC1c2ccccc2-c2ccccc21. The summed E-state index contributed by atoms with van der Waals surface area (Å²) < 4.78 is 5.59. The molecule has 5 heteroatoms. The van der Waals surface area contributed by atoms with Crippen molar-refractivity contribution in [3.8, 4) is 11.1 Å². The van der Waals surface area contributed by atoms with Crippen LogP contribution in [0.2, 0.25) is 0 Å². The highest BCUT2D eigenvalue weighted by Crippen LogP contribution is 2.45. The third kappa shape index (κ3) is 2.51. The first kappa shape index (κ1) is 16.8. The largest absolute Gasteiger partial charge is 0.480 e. The van der Waals surface area contributed by atoms with Crippen LogP contribution < -0.4 is 5.73 Å². The molecule has 3 N–H and O–H groups in total. The summed E-state index contributed by atoms with van der Waals surface area (Å²) in [4.78, 5) is 24.1. The zero-order valence-electron chi connectivity index (χ0n) is 14.4. The Morgan fingerprint density at radius 1 is 1.08 bits per heavy atom. The van der Waals surface area contributed by atoms with Crippen LogP contribution in [0.15, 0.2) is 48.5 Å². The van der Waals surface area contributed by atoms with Gasteiger partial charge in [-0.25, -0.2) is 0 Å². The van der Waals surface area contributed by atoms with E-state index >= 15 is 0 Å². The van der Waals surface area contributed by atoms with Crippen LogP contribution in [0.3, 0.4) is 0 Å². The molecule has 2 aromatic carbocycles. The molecule has 0 heterocycles. The number of carboxylic acid groups (broad SMARTS) is 1. The van der Waals surface area contributed by atoms with Gasteiger partial charge >= 0.3 is 11.9 Å². The van der Waals surface area contributed by atoms with Gasteiger partial charge in [0.05, 0.1) is 5.92 Å². The second kappa shape index (κ2) is 6.25. The summed E-state index contributed by atoms with van der Waals surface area (Å²) >= 11 is 0. The van der Waals surface area contributed by atoms with Crippen LogP contribution >= 0.6 is 0 Å². The Morgan fingerprint density at radius 3 is 2.23 bits per heavy atom. The lowest BCUT2D eigenvalue weighted by atomic mass is 9.88. The molecule has 2 aliphatic rings. The summed E-state index contributed by atoms with van der Waals surface area (Å²) in [6, 6.07) is 16.2. The number of carbonyl (C=O) groups excluding carboxylic acids is 1. The van der Waals surface area contributed by atoms with E-state index in [-0.39, 0.29) is 12.5 Å². The molecule has 0 amide bonds. The number of fused-ring (bicyclic) bond motifs is 3. The number of benzene rings is 2. The summed E-state index contributed by atoms with van der Waals surface area (Å²) in [6.07, 6.45) is 1.38. The molecule has 0 radical (unpaired) electrons. The molecule has 2 atom stereocenters. The first-order valence-electron chi connectivity index (χ1n) is 8.89. The van der Waals surface area contributed by atoms with Crippen molar-refractivity contribution in [3.05, 3.63) is 59.7 Å². The van der Waals surface area contributed by atoms with Crippen molar-refractivity contribution in [2.24, 2.45) is 11.7 Å². The molecule has 1 fully saturated rings. The highest BCUT2D eigenvalue weighted by molar-refractivity contribution is 5.88. The zero-order valence-corrected chi connectivity index (χ0v) is 14.4. The van der Waals surface area contributed by atoms with Crippen molar-refractivity contribution in [1.29, 1.82) is 0 Å². The standard InChI is InChI=1S/C21H21NO4/c22-21(20(24)25)11-5-10-18(21)19(23)26-12-17-15-8-3-1-6-13(15)14-7-2-4-9-16(14)17/h1-4,6-9,17-18H,5,10-12,22H2,(H,24,25)/t18-,21-/m1/s1. The van der Waals surface area contributed by atoms with Gasteiger partial charge in [0.25, 0.3) is 0 Å². The molecule has 0 aromatic heterocycles. The number of carboxylic acids is 1. The normalized spacial score (nSPS) is 24.1. The van der Waals surface area contributed by atoms with E-state index in [1.807, 2.05) is 36.4 Å². The molecule has 4 rings (SSSR count). The summed E-state index contributed by atoms with van der Waals surface area (Å²) in [6.45, 7) is 0.194. The quantitative estimate of drug-likeness (QED) is 0.827. The van der Waals surface area contributed by atoms with Crippen molar-refractivity contribution < 1.29 is 19.4 Å². The van der Waals surface area contributed by atoms with E-state index in [0.717, 1.165) is 22.3 Å². The van der Waals surface area contributed by atoms with Crippen molar-refractivity contribution in [2.45, 2.75) is 30.7 Å². The number of ether oxygens (including phenoxy) is 1. The number of carbonyl (C=O) groups is 2. The van der Waals surface area contributed by atoms with Crippen molar-refractivity contribution in [3.63, 3.8) is 0 Å². The van der Waals surface area contributed by atoms with Crippen LogP contribution in [-0.2, 0) is 14.3 Å². The van der Waals surface area contributed by atoms with Gasteiger partial charge in [-0.2, -0.15) is 0 Å². The van der Waals surface area contributed by atoms with E-state index in [1.165, 1.54) is 0 Å². The molecule has 26 heavy (non-hydrogen) atoms. The van der Waals surface area contributed by atoms with E-state index in [2.05, 4.69) is 12.1 Å². The second-order valence-corrected chi connectivity index (χ2v) is 7.15. The van der Waals surface area contributed by atoms with Crippen LogP contribution in [0.25, 0.3) is 11.1 Å². The van der Waals surface area contributed by atoms with Gasteiger partial charge in [-0.15, -0.1) is 0 Å². The van der Waals surface area contributed by atoms with E-state index in [9.17, 15) is 14.7 Å². The molecule has 2 aromatic rings. The number of aliphatic carboxylic acids is 1. The van der Waals surface area contributed by atoms with Crippen LogP contribution in [0.4, 0.5) is 0 Å². The minimum absolute atomic E-state index is 0.0373. The summed E-state index contributed by atoms with van der Waals surface area (Å²) in [5.41, 5.74) is 9.04. The molecule has 134 valence electrons. The van der Waals surface area contributed by atoms with Crippen LogP contribution in [-0.4, -0.2) is 29.2 Å². The van der Waals surface area contributed by atoms with Gasteiger partial charge in [0, 0.05) is 5.92 Å². The lowest BCUT2D eigenvalue weighted by molar-refractivity contribution is -0.158. The lowest BCUT2D eigenvalue weighted by Crippen LogP contribution is -2.53. The molecule has 2 aliphatic carbocycles. The molecule has 0 saturated heterocycles. The van der Waals surface area contributed by atoms with Gasteiger partial charge in [0.1, 0.15) is 12.1 Å². The Balaban J connectivity index is 1.55. The van der Waals surface area contributed by atoms with Gasteiger partial charge in [-0.3, -0.25) is 9.59 Å². The van der Waals surface area contributed by atoms with Gasteiger partial charge < -0.3 is 15.6 Å². The summed E-state index contributed by atoms with van der Waals surface area (Å²) in [5.74, 6) is -2.46. The Morgan fingerprint density at radius 2 is 1.65 bits per heavy atom. The number of hydrogen-bond acceptors (Lipinski definition) is 4. The minimum Gasteiger partial charge on any atom is -0.480 e. The van der Waals surface area contributed by atoms with Crippen LogP contribution in [0, 0.1) is 5.92 Å². The van der Waals surface area contributed by atoms with Gasteiger partial charge in [-0.1, -0.05) is 55.0 Å². The predicted molar refractivity (Wildman–Crippen MR) is 96.6 cm³/mol. The van der Waals surface area contributed by atoms with Crippen LogP contribution in [0.1, 0.15) is 36.3 Å².